The zero-order chi connectivity index (χ0) is 16.6. The van der Waals surface area contributed by atoms with Gasteiger partial charge in [-0.15, -0.1) is 0 Å². The molecule has 1 unspecified atom stereocenters. The zero-order valence-corrected chi connectivity index (χ0v) is 13.9. The summed E-state index contributed by atoms with van der Waals surface area (Å²) in [5.74, 6) is -0.301. The summed E-state index contributed by atoms with van der Waals surface area (Å²) in [5.41, 5.74) is 0.385. The van der Waals surface area contributed by atoms with Crippen LogP contribution in [-0.2, 0) is 16.9 Å². The highest BCUT2D eigenvalue weighted by Gasteiger charge is 2.48. The summed E-state index contributed by atoms with van der Waals surface area (Å²) < 4.78 is 0. The molecule has 1 N–H and O–H groups in total. The first-order valence-corrected chi connectivity index (χ1v) is 7.80. The van der Waals surface area contributed by atoms with Gasteiger partial charge in [-0.1, -0.05) is 47.5 Å². The van der Waals surface area contributed by atoms with Crippen molar-refractivity contribution < 1.29 is 9.59 Å². The number of benzene rings is 2. The largest absolute Gasteiger partial charge is 0.325 e. The molecule has 1 saturated heterocycles. The third-order valence-electron chi connectivity index (χ3n) is 3.93. The molecule has 6 heteroatoms. The molecule has 1 atom stereocenters. The third-order valence-corrected chi connectivity index (χ3v) is 4.41. The number of carbonyl (C=O) groups is 2. The van der Waals surface area contributed by atoms with Gasteiger partial charge in [0, 0.05) is 10.0 Å². The van der Waals surface area contributed by atoms with Crippen LogP contribution >= 0.6 is 23.2 Å². The summed E-state index contributed by atoms with van der Waals surface area (Å²) >= 11 is 11.8. The van der Waals surface area contributed by atoms with E-state index in [4.69, 9.17) is 23.2 Å². The Bertz CT molecular complexity index is 776. The van der Waals surface area contributed by atoms with Gasteiger partial charge in [-0.25, -0.2) is 4.79 Å². The summed E-state index contributed by atoms with van der Waals surface area (Å²) in [6, 6.07) is 13.5. The molecule has 0 radical (unpaired) electrons. The minimum atomic E-state index is -1.10. The van der Waals surface area contributed by atoms with Crippen molar-refractivity contribution in [1.82, 2.24) is 10.2 Å². The molecule has 1 aliphatic rings. The van der Waals surface area contributed by atoms with Crippen molar-refractivity contribution in [3.63, 3.8) is 0 Å². The molecule has 2 aromatic carbocycles. The van der Waals surface area contributed by atoms with Gasteiger partial charge in [0.15, 0.2) is 0 Å². The van der Waals surface area contributed by atoms with Crippen LogP contribution in [0.25, 0.3) is 0 Å². The van der Waals surface area contributed by atoms with E-state index in [2.05, 4.69) is 5.32 Å². The van der Waals surface area contributed by atoms with Crippen LogP contribution in [0.2, 0.25) is 10.0 Å². The standard InChI is InChI=1S/C17H14Cl2N2O2/c1-17(12-5-7-13(18)8-6-12)15(22)21(16(23)20-17)10-11-3-2-4-14(19)9-11/h2-9H,10H2,1H3,(H,20,23). The summed E-state index contributed by atoms with van der Waals surface area (Å²) in [6.07, 6.45) is 0. The van der Waals surface area contributed by atoms with Gasteiger partial charge in [-0.2, -0.15) is 0 Å². The van der Waals surface area contributed by atoms with Gasteiger partial charge < -0.3 is 5.32 Å². The monoisotopic (exact) mass is 348 g/mol. The lowest BCUT2D eigenvalue weighted by molar-refractivity contribution is -0.131. The van der Waals surface area contributed by atoms with Crippen LogP contribution in [0.5, 0.6) is 0 Å². The minimum absolute atomic E-state index is 0.175. The molecule has 2 aromatic rings. The van der Waals surface area contributed by atoms with E-state index >= 15 is 0 Å². The Morgan fingerprint density at radius 3 is 2.39 bits per heavy atom. The van der Waals surface area contributed by atoms with Gasteiger partial charge in [-0.3, -0.25) is 9.69 Å². The molecular weight excluding hydrogens is 335 g/mol. The second kappa shape index (κ2) is 5.87. The van der Waals surface area contributed by atoms with Crippen molar-refractivity contribution in [3.8, 4) is 0 Å². The van der Waals surface area contributed by atoms with E-state index in [1.54, 1.807) is 49.4 Å². The van der Waals surface area contributed by atoms with E-state index < -0.39 is 11.6 Å². The molecule has 0 saturated carbocycles. The Morgan fingerprint density at radius 1 is 1.04 bits per heavy atom. The SMILES string of the molecule is CC1(c2ccc(Cl)cc2)NC(=O)N(Cc2cccc(Cl)c2)C1=O. The lowest BCUT2D eigenvalue weighted by Crippen LogP contribution is -2.40. The van der Waals surface area contributed by atoms with Crippen LogP contribution in [-0.4, -0.2) is 16.8 Å². The highest BCUT2D eigenvalue weighted by molar-refractivity contribution is 6.30. The van der Waals surface area contributed by atoms with Gasteiger partial charge >= 0.3 is 6.03 Å². The summed E-state index contributed by atoms with van der Waals surface area (Å²) in [7, 11) is 0. The van der Waals surface area contributed by atoms with Crippen LogP contribution in [0.15, 0.2) is 48.5 Å². The number of carbonyl (C=O) groups excluding carboxylic acids is 2. The van der Waals surface area contributed by atoms with Crippen LogP contribution < -0.4 is 5.32 Å². The minimum Gasteiger partial charge on any atom is -0.319 e. The molecule has 118 valence electrons. The van der Waals surface area contributed by atoms with Crippen LogP contribution in [0.4, 0.5) is 4.79 Å². The Labute approximate surface area is 144 Å². The molecule has 4 nitrogen and oxygen atoms in total. The second-order valence-corrected chi connectivity index (χ2v) is 6.46. The molecule has 0 aromatic heterocycles. The number of hydrogen-bond acceptors (Lipinski definition) is 2. The molecule has 1 fully saturated rings. The van der Waals surface area contributed by atoms with Crippen molar-refractivity contribution in [2.75, 3.05) is 0 Å². The molecule has 1 heterocycles. The van der Waals surface area contributed by atoms with Gasteiger partial charge in [0.2, 0.25) is 0 Å². The van der Waals surface area contributed by atoms with E-state index in [1.807, 2.05) is 6.07 Å². The number of nitrogens with zero attached hydrogens (tertiary/aromatic N) is 1. The summed E-state index contributed by atoms with van der Waals surface area (Å²) in [6.45, 7) is 1.86. The Kier molecular flexibility index (Phi) is 4.04. The fourth-order valence-corrected chi connectivity index (χ4v) is 2.98. The summed E-state index contributed by atoms with van der Waals surface area (Å²) in [4.78, 5) is 26.2. The highest BCUT2D eigenvalue weighted by atomic mass is 35.5. The van der Waals surface area contributed by atoms with E-state index in [1.165, 1.54) is 4.90 Å². The zero-order valence-electron chi connectivity index (χ0n) is 12.3. The van der Waals surface area contributed by atoms with Gasteiger partial charge in [0.05, 0.1) is 6.54 Å². The molecule has 0 aliphatic carbocycles. The fourth-order valence-electron chi connectivity index (χ4n) is 2.64. The molecule has 1 aliphatic heterocycles. The first-order valence-electron chi connectivity index (χ1n) is 7.05. The van der Waals surface area contributed by atoms with Crippen LogP contribution in [0, 0.1) is 0 Å². The van der Waals surface area contributed by atoms with Crippen molar-refractivity contribution in [3.05, 3.63) is 69.7 Å². The number of rotatable bonds is 3. The van der Waals surface area contributed by atoms with E-state index in [9.17, 15) is 9.59 Å². The summed E-state index contributed by atoms with van der Waals surface area (Å²) in [5, 5.41) is 3.90. The number of nitrogens with one attached hydrogen (secondary N) is 1. The average molecular weight is 349 g/mol. The average Bonchev–Trinajstić information content (AvgIpc) is 2.72. The lowest BCUT2D eigenvalue weighted by atomic mass is 9.92. The predicted molar refractivity (Wildman–Crippen MR) is 89.3 cm³/mol. The lowest BCUT2D eigenvalue weighted by Gasteiger charge is -2.22. The van der Waals surface area contributed by atoms with Crippen molar-refractivity contribution in [1.29, 1.82) is 0 Å². The maximum atomic E-state index is 12.8. The first-order chi connectivity index (χ1) is 10.9. The molecule has 0 spiro atoms. The Morgan fingerprint density at radius 2 is 1.74 bits per heavy atom. The van der Waals surface area contributed by atoms with E-state index in [-0.39, 0.29) is 12.5 Å². The number of amides is 3. The predicted octanol–water partition coefficient (Wildman–Crippen LogP) is 3.96. The topological polar surface area (TPSA) is 49.4 Å². The number of hydrogen-bond donors (Lipinski definition) is 1. The van der Waals surface area contributed by atoms with Crippen molar-refractivity contribution in [2.45, 2.75) is 19.0 Å². The third kappa shape index (κ3) is 2.92. The quantitative estimate of drug-likeness (QED) is 0.853. The Balaban J connectivity index is 1.89. The van der Waals surface area contributed by atoms with Crippen LogP contribution in [0.1, 0.15) is 18.1 Å². The second-order valence-electron chi connectivity index (χ2n) is 5.58. The van der Waals surface area contributed by atoms with Gasteiger partial charge in [0.25, 0.3) is 5.91 Å². The van der Waals surface area contributed by atoms with E-state index in [0.29, 0.717) is 15.6 Å². The van der Waals surface area contributed by atoms with Crippen molar-refractivity contribution in [2.24, 2.45) is 0 Å². The number of urea groups is 1. The maximum absolute atomic E-state index is 12.8. The van der Waals surface area contributed by atoms with E-state index in [0.717, 1.165) is 5.56 Å². The molecule has 23 heavy (non-hydrogen) atoms. The number of halogens is 2. The van der Waals surface area contributed by atoms with Gasteiger partial charge in [-0.05, 0) is 42.3 Å². The van der Waals surface area contributed by atoms with Crippen LogP contribution in [0.3, 0.4) is 0 Å². The molecule has 3 amide bonds. The molecule has 3 rings (SSSR count). The van der Waals surface area contributed by atoms with Gasteiger partial charge in [0.1, 0.15) is 5.54 Å². The Hall–Kier alpha value is -2.04. The molecular formula is C17H14Cl2N2O2. The normalized spacial score (nSPS) is 20.7. The number of imide groups is 1. The first kappa shape index (κ1) is 15.8. The smallest absolute Gasteiger partial charge is 0.319 e. The molecule has 0 bridgehead atoms. The maximum Gasteiger partial charge on any atom is 0.325 e. The highest BCUT2D eigenvalue weighted by Crippen LogP contribution is 2.30. The fraction of sp³-hybridized carbons (Fsp3) is 0.176. The van der Waals surface area contributed by atoms with Crippen molar-refractivity contribution >= 4 is 35.1 Å².